The van der Waals surface area contributed by atoms with Gasteiger partial charge in [0.15, 0.2) is 11.5 Å². The maximum absolute atomic E-state index is 13.5. The number of piperidine rings is 1. The smallest absolute Gasteiger partial charge is 0.257 e. The van der Waals surface area contributed by atoms with Crippen LogP contribution in [0.25, 0.3) is 11.1 Å². The average Bonchev–Trinajstić information content (AvgIpc) is 2.87. The van der Waals surface area contributed by atoms with Crippen LogP contribution in [0.3, 0.4) is 0 Å². The molecule has 7 heteroatoms. The quantitative estimate of drug-likeness (QED) is 0.554. The molecule has 1 aliphatic heterocycles. The maximum Gasteiger partial charge on any atom is 0.257 e. The zero-order chi connectivity index (χ0) is 23.4. The highest BCUT2D eigenvalue weighted by atomic mass is 16.5. The van der Waals surface area contributed by atoms with Crippen LogP contribution in [-0.4, -0.2) is 55.2 Å². The van der Waals surface area contributed by atoms with E-state index >= 15 is 0 Å². The van der Waals surface area contributed by atoms with Crippen LogP contribution in [0.15, 0.2) is 48.9 Å². The van der Waals surface area contributed by atoms with Gasteiger partial charge in [-0.05, 0) is 37.5 Å². The summed E-state index contributed by atoms with van der Waals surface area (Å²) in [6.45, 7) is 3.32. The second kappa shape index (κ2) is 9.90. The number of carbonyl (C=O) groups excluding carboxylic acids is 1. The maximum atomic E-state index is 13.5. The minimum absolute atomic E-state index is 0.0940. The van der Waals surface area contributed by atoms with E-state index in [1.165, 1.54) is 19.8 Å². The molecule has 0 saturated carbocycles. The molecule has 3 aromatic rings. The summed E-state index contributed by atoms with van der Waals surface area (Å²) in [7, 11) is 4.62. The fourth-order valence-electron chi connectivity index (χ4n) is 4.44. The first-order valence-electron chi connectivity index (χ1n) is 11.0. The van der Waals surface area contributed by atoms with Gasteiger partial charge < -0.3 is 19.1 Å². The summed E-state index contributed by atoms with van der Waals surface area (Å²) in [5.74, 6) is 1.34. The van der Waals surface area contributed by atoms with Crippen LogP contribution in [0.4, 0.5) is 0 Å². The van der Waals surface area contributed by atoms with Gasteiger partial charge in [0.05, 0.1) is 32.6 Å². The molecule has 1 atom stereocenters. The van der Waals surface area contributed by atoms with Crippen molar-refractivity contribution in [2.24, 2.45) is 0 Å². The largest absolute Gasteiger partial charge is 0.493 e. The number of rotatable bonds is 6. The Morgan fingerprint density at radius 3 is 2.45 bits per heavy atom. The number of nitrogens with zero attached hydrogens (tertiary/aromatic N) is 3. The average molecular weight is 448 g/mol. The summed E-state index contributed by atoms with van der Waals surface area (Å²) in [4.78, 5) is 24.3. The number of aryl methyl sites for hydroxylation is 1. The van der Waals surface area contributed by atoms with Crippen molar-refractivity contribution in [2.75, 3.05) is 34.4 Å². The Balaban J connectivity index is 1.63. The van der Waals surface area contributed by atoms with Crippen molar-refractivity contribution in [3.8, 4) is 28.4 Å². The monoisotopic (exact) mass is 447 g/mol. The standard InChI is InChI=1S/C26H29N3O4/c1-17-7-9-18(10-8-17)21-14-27-16-28-23(21)19-6-5-13-29(15-19)26(30)20-11-12-22(31-2)25(33-4)24(20)32-3/h7-12,14,16,19H,5-6,13,15H2,1-4H3/t19-/m1/s1. The third-order valence-electron chi connectivity index (χ3n) is 6.14. The number of carbonyl (C=O) groups is 1. The first kappa shape index (κ1) is 22.6. The van der Waals surface area contributed by atoms with E-state index in [4.69, 9.17) is 14.2 Å². The Hall–Kier alpha value is -3.61. The topological polar surface area (TPSA) is 73.8 Å². The van der Waals surface area contributed by atoms with Gasteiger partial charge in [-0.2, -0.15) is 0 Å². The number of hydrogen-bond donors (Lipinski definition) is 0. The third kappa shape index (κ3) is 4.49. The van der Waals surface area contributed by atoms with Gasteiger partial charge in [-0.25, -0.2) is 9.97 Å². The number of benzene rings is 2. The summed E-state index contributed by atoms with van der Waals surface area (Å²) in [5.41, 5.74) is 4.74. The molecule has 33 heavy (non-hydrogen) atoms. The van der Waals surface area contributed by atoms with Crippen LogP contribution in [0.1, 0.15) is 40.4 Å². The Morgan fingerprint density at radius 1 is 1.00 bits per heavy atom. The molecule has 0 radical (unpaired) electrons. The second-order valence-corrected chi connectivity index (χ2v) is 8.16. The first-order chi connectivity index (χ1) is 16.1. The van der Waals surface area contributed by atoms with Crippen molar-refractivity contribution in [1.82, 2.24) is 14.9 Å². The molecular weight excluding hydrogens is 418 g/mol. The van der Waals surface area contributed by atoms with Gasteiger partial charge in [0.25, 0.3) is 5.91 Å². The molecule has 2 aromatic carbocycles. The van der Waals surface area contributed by atoms with Crippen LogP contribution >= 0.6 is 0 Å². The Bertz CT molecular complexity index is 1130. The van der Waals surface area contributed by atoms with Crippen molar-refractivity contribution in [1.29, 1.82) is 0 Å². The number of aromatic nitrogens is 2. The highest BCUT2D eigenvalue weighted by Crippen LogP contribution is 2.41. The summed E-state index contributed by atoms with van der Waals surface area (Å²) in [6.07, 6.45) is 5.31. The van der Waals surface area contributed by atoms with E-state index in [1.807, 2.05) is 11.1 Å². The Morgan fingerprint density at radius 2 is 1.76 bits per heavy atom. The summed E-state index contributed by atoms with van der Waals surface area (Å²) < 4.78 is 16.4. The van der Waals surface area contributed by atoms with Crippen molar-refractivity contribution in [2.45, 2.75) is 25.7 Å². The fraction of sp³-hybridized carbons (Fsp3) is 0.346. The SMILES string of the molecule is COc1ccc(C(=O)N2CCC[C@@H](c3ncncc3-c3ccc(C)cc3)C2)c(OC)c1OC. The molecule has 1 fully saturated rings. The summed E-state index contributed by atoms with van der Waals surface area (Å²) in [5, 5.41) is 0. The van der Waals surface area contributed by atoms with Crippen molar-refractivity contribution in [3.05, 3.63) is 65.7 Å². The number of hydrogen-bond acceptors (Lipinski definition) is 6. The zero-order valence-corrected chi connectivity index (χ0v) is 19.5. The van der Waals surface area contributed by atoms with Crippen LogP contribution in [0.2, 0.25) is 0 Å². The normalized spacial score (nSPS) is 15.8. The minimum Gasteiger partial charge on any atom is -0.493 e. The highest BCUT2D eigenvalue weighted by molar-refractivity contribution is 5.98. The molecule has 0 N–H and O–H groups in total. The van der Waals surface area contributed by atoms with Gasteiger partial charge in [0, 0.05) is 30.8 Å². The minimum atomic E-state index is -0.0940. The van der Waals surface area contributed by atoms with E-state index in [9.17, 15) is 4.79 Å². The van der Waals surface area contributed by atoms with E-state index < -0.39 is 0 Å². The van der Waals surface area contributed by atoms with Crippen LogP contribution in [-0.2, 0) is 0 Å². The molecule has 0 bridgehead atoms. The molecule has 7 nitrogen and oxygen atoms in total. The van der Waals surface area contributed by atoms with Gasteiger partial charge in [-0.3, -0.25) is 4.79 Å². The first-order valence-corrected chi connectivity index (χ1v) is 11.0. The zero-order valence-electron chi connectivity index (χ0n) is 19.5. The third-order valence-corrected chi connectivity index (χ3v) is 6.14. The molecule has 1 amide bonds. The van der Waals surface area contributed by atoms with E-state index in [1.54, 1.807) is 25.6 Å². The summed E-state index contributed by atoms with van der Waals surface area (Å²) in [6, 6.07) is 11.8. The molecule has 1 aromatic heterocycles. The molecule has 0 spiro atoms. The molecule has 4 rings (SSSR count). The Labute approximate surface area is 194 Å². The molecule has 172 valence electrons. The van der Waals surface area contributed by atoms with Crippen molar-refractivity contribution >= 4 is 5.91 Å². The predicted octanol–water partition coefficient (Wildman–Crippen LogP) is 4.50. The summed E-state index contributed by atoms with van der Waals surface area (Å²) >= 11 is 0. The van der Waals surface area contributed by atoms with Crippen molar-refractivity contribution < 1.29 is 19.0 Å². The van der Waals surface area contributed by atoms with Crippen LogP contribution in [0, 0.1) is 6.92 Å². The fourth-order valence-corrected chi connectivity index (χ4v) is 4.44. The van der Waals surface area contributed by atoms with Crippen molar-refractivity contribution in [3.63, 3.8) is 0 Å². The highest BCUT2D eigenvalue weighted by Gasteiger charge is 2.30. The van der Waals surface area contributed by atoms with E-state index in [2.05, 4.69) is 41.2 Å². The number of ether oxygens (including phenoxy) is 3. The molecule has 2 heterocycles. The van der Waals surface area contributed by atoms with Gasteiger partial charge in [-0.1, -0.05) is 29.8 Å². The van der Waals surface area contributed by atoms with E-state index in [-0.39, 0.29) is 11.8 Å². The van der Waals surface area contributed by atoms with E-state index in [0.29, 0.717) is 35.9 Å². The van der Waals surface area contributed by atoms with Crippen LogP contribution < -0.4 is 14.2 Å². The molecule has 1 saturated heterocycles. The second-order valence-electron chi connectivity index (χ2n) is 8.16. The number of amides is 1. The Kier molecular flexibility index (Phi) is 6.77. The van der Waals surface area contributed by atoms with Crippen LogP contribution in [0.5, 0.6) is 17.2 Å². The molecule has 1 aliphatic rings. The van der Waals surface area contributed by atoms with Gasteiger partial charge in [-0.15, -0.1) is 0 Å². The molecule has 0 aliphatic carbocycles. The lowest BCUT2D eigenvalue weighted by atomic mass is 9.89. The van der Waals surface area contributed by atoms with Gasteiger partial charge in [0.2, 0.25) is 5.75 Å². The number of likely N-dealkylation sites (tertiary alicyclic amines) is 1. The van der Waals surface area contributed by atoms with Gasteiger partial charge >= 0.3 is 0 Å². The predicted molar refractivity (Wildman–Crippen MR) is 126 cm³/mol. The molecule has 0 unspecified atom stereocenters. The van der Waals surface area contributed by atoms with Gasteiger partial charge in [0.1, 0.15) is 6.33 Å². The van der Waals surface area contributed by atoms with E-state index in [0.717, 1.165) is 29.7 Å². The molecular formula is C26H29N3O4. The number of methoxy groups -OCH3 is 3. The lowest BCUT2D eigenvalue weighted by molar-refractivity contribution is 0.0702. The lowest BCUT2D eigenvalue weighted by Gasteiger charge is -2.33. The lowest BCUT2D eigenvalue weighted by Crippen LogP contribution is -2.39.